The summed E-state index contributed by atoms with van der Waals surface area (Å²) in [4.78, 5) is 13.0. The Bertz CT molecular complexity index is 1260. The minimum absolute atomic E-state index is 0.0987. The Morgan fingerprint density at radius 3 is 2.34 bits per heavy atom. The van der Waals surface area contributed by atoms with Crippen molar-refractivity contribution in [3.05, 3.63) is 97.3 Å². The molecule has 0 saturated carbocycles. The highest BCUT2D eigenvalue weighted by molar-refractivity contribution is 6.35. The normalized spacial score (nSPS) is 11.0. The van der Waals surface area contributed by atoms with Crippen LogP contribution in [0.1, 0.15) is 11.3 Å². The summed E-state index contributed by atoms with van der Waals surface area (Å²) in [5.41, 5.74) is 2.46. The Morgan fingerprint density at radius 2 is 1.62 bits per heavy atom. The van der Waals surface area contributed by atoms with Crippen LogP contribution < -0.4 is 10.2 Å². The number of hydrogen-bond acceptors (Lipinski definition) is 3. The van der Waals surface area contributed by atoms with Gasteiger partial charge in [0.05, 0.1) is 10.9 Å². The first kappa shape index (κ1) is 19.8. The van der Waals surface area contributed by atoms with Gasteiger partial charge in [-0.2, -0.15) is 0 Å². The zero-order chi connectivity index (χ0) is 20.5. The molecule has 0 N–H and O–H groups in total. The lowest BCUT2D eigenvalue weighted by Crippen LogP contribution is -2.07. The maximum absolute atomic E-state index is 13.0. The number of aryl methyl sites for hydroxylation is 1. The maximum Gasteiger partial charge on any atom is 0.200 e. The highest BCUT2D eigenvalue weighted by atomic mass is 35.5. The van der Waals surface area contributed by atoms with E-state index in [9.17, 15) is 4.79 Å². The molecule has 6 heteroatoms. The lowest BCUT2D eigenvalue weighted by atomic mass is 10.0. The Labute approximate surface area is 182 Å². The Hall–Kier alpha value is -2.46. The second kappa shape index (κ2) is 8.11. The summed E-state index contributed by atoms with van der Waals surface area (Å²) in [5.74, 6) is 1.10. The average molecular weight is 446 g/mol. The number of rotatable bonds is 4. The predicted octanol–water partition coefficient (Wildman–Crippen LogP) is 7.31. The molecule has 1 aromatic heterocycles. The molecule has 1 heterocycles. The second-order valence-electron chi connectivity index (χ2n) is 6.55. The Morgan fingerprint density at radius 1 is 0.897 bits per heavy atom. The van der Waals surface area contributed by atoms with Crippen LogP contribution in [0.3, 0.4) is 0 Å². The van der Waals surface area contributed by atoms with E-state index in [-0.39, 0.29) is 12.0 Å². The van der Waals surface area contributed by atoms with Gasteiger partial charge >= 0.3 is 0 Å². The summed E-state index contributed by atoms with van der Waals surface area (Å²) in [6.07, 6.45) is 0. The van der Waals surface area contributed by atoms with E-state index in [1.54, 1.807) is 61.5 Å². The first-order chi connectivity index (χ1) is 13.9. The van der Waals surface area contributed by atoms with E-state index < -0.39 is 0 Å². The van der Waals surface area contributed by atoms with Crippen molar-refractivity contribution in [1.82, 2.24) is 0 Å². The molecule has 146 valence electrons. The van der Waals surface area contributed by atoms with Crippen molar-refractivity contribution in [1.29, 1.82) is 0 Å². The third kappa shape index (κ3) is 4.13. The van der Waals surface area contributed by atoms with Gasteiger partial charge in [-0.15, -0.1) is 0 Å². The van der Waals surface area contributed by atoms with E-state index in [4.69, 9.17) is 44.0 Å². The van der Waals surface area contributed by atoms with Gasteiger partial charge in [-0.05, 0) is 48.9 Å². The molecular weight excluding hydrogens is 431 g/mol. The average Bonchev–Trinajstić information content (AvgIpc) is 2.68. The summed E-state index contributed by atoms with van der Waals surface area (Å²) in [5, 5.41) is 2.20. The number of ether oxygens (including phenoxy) is 1. The molecule has 3 aromatic carbocycles. The van der Waals surface area contributed by atoms with Crippen LogP contribution >= 0.6 is 34.8 Å². The molecule has 29 heavy (non-hydrogen) atoms. The van der Waals surface area contributed by atoms with E-state index >= 15 is 0 Å². The molecule has 0 saturated heterocycles. The van der Waals surface area contributed by atoms with Crippen LogP contribution in [0, 0.1) is 6.92 Å². The van der Waals surface area contributed by atoms with Crippen molar-refractivity contribution in [3.63, 3.8) is 0 Å². The van der Waals surface area contributed by atoms with Crippen LogP contribution in [0.4, 0.5) is 0 Å². The fraction of sp³-hybridized carbons (Fsp3) is 0.0870. The SMILES string of the molecule is Cc1oc2cc(OCc3ccc(Cl)cc3Cl)ccc2c(=O)c1-c1ccc(Cl)cc1. The molecule has 4 aromatic rings. The third-order valence-electron chi connectivity index (χ3n) is 4.58. The number of benzene rings is 3. The fourth-order valence-corrected chi connectivity index (χ4v) is 3.71. The molecule has 0 amide bonds. The number of hydrogen-bond donors (Lipinski definition) is 0. The van der Waals surface area contributed by atoms with Crippen molar-refractivity contribution in [2.24, 2.45) is 0 Å². The summed E-state index contributed by atoms with van der Waals surface area (Å²) in [6.45, 7) is 2.04. The number of halogens is 3. The van der Waals surface area contributed by atoms with Crippen LogP contribution in [0.25, 0.3) is 22.1 Å². The molecular formula is C23H15Cl3O3. The zero-order valence-electron chi connectivity index (χ0n) is 15.3. The van der Waals surface area contributed by atoms with E-state index in [1.165, 1.54) is 0 Å². The standard InChI is InChI=1S/C23H15Cl3O3/c1-13-22(14-2-5-16(24)6-3-14)23(27)19-9-8-18(11-21(19)29-13)28-12-15-4-7-17(25)10-20(15)26/h2-11H,12H2,1H3. The third-order valence-corrected chi connectivity index (χ3v) is 5.42. The van der Waals surface area contributed by atoms with E-state index in [1.807, 2.05) is 6.07 Å². The second-order valence-corrected chi connectivity index (χ2v) is 7.83. The summed E-state index contributed by atoms with van der Waals surface area (Å²) >= 11 is 18.1. The minimum Gasteiger partial charge on any atom is -0.489 e. The van der Waals surface area contributed by atoms with E-state index in [0.717, 1.165) is 11.1 Å². The van der Waals surface area contributed by atoms with Gasteiger partial charge in [-0.3, -0.25) is 4.79 Å². The Kier molecular flexibility index (Phi) is 5.55. The highest BCUT2D eigenvalue weighted by Gasteiger charge is 2.14. The van der Waals surface area contributed by atoms with Gasteiger partial charge in [0.1, 0.15) is 23.7 Å². The zero-order valence-corrected chi connectivity index (χ0v) is 17.6. The maximum atomic E-state index is 13.0. The highest BCUT2D eigenvalue weighted by Crippen LogP contribution is 2.28. The van der Waals surface area contributed by atoms with Crippen molar-refractivity contribution < 1.29 is 9.15 Å². The van der Waals surface area contributed by atoms with Crippen LogP contribution in [0.15, 0.2) is 69.9 Å². The summed E-state index contributed by atoms with van der Waals surface area (Å²) in [7, 11) is 0. The van der Waals surface area contributed by atoms with Gasteiger partial charge in [0, 0.05) is 26.7 Å². The molecule has 3 nitrogen and oxygen atoms in total. The van der Waals surface area contributed by atoms with Crippen molar-refractivity contribution in [2.45, 2.75) is 13.5 Å². The van der Waals surface area contributed by atoms with Gasteiger partial charge in [0.15, 0.2) is 0 Å². The molecule has 0 unspecified atom stereocenters. The van der Waals surface area contributed by atoms with Gasteiger partial charge < -0.3 is 9.15 Å². The van der Waals surface area contributed by atoms with E-state index in [0.29, 0.717) is 43.1 Å². The molecule has 0 fully saturated rings. The van der Waals surface area contributed by atoms with Crippen LogP contribution in [0.5, 0.6) is 5.75 Å². The van der Waals surface area contributed by atoms with Crippen LogP contribution in [-0.4, -0.2) is 0 Å². The van der Waals surface area contributed by atoms with Gasteiger partial charge in [0.2, 0.25) is 5.43 Å². The molecule has 0 aliphatic carbocycles. The first-order valence-corrected chi connectivity index (χ1v) is 9.96. The molecule has 0 aliphatic heterocycles. The van der Waals surface area contributed by atoms with Gasteiger partial charge in [0.25, 0.3) is 0 Å². The molecule has 0 aliphatic rings. The quantitative estimate of drug-likeness (QED) is 0.330. The summed E-state index contributed by atoms with van der Waals surface area (Å²) < 4.78 is 11.8. The molecule has 4 rings (SSSR count). The molecule has 0 radical (unpaired) electrons. The summed E-state index contributed by atoms with van der Waals surface area (Å²) in [6, 6.07) is 17.5. The topological polar surface area (TPSA) is 39.4 Å². The fourth-order valence-electron chi connectivity index (χ4n) is 3.13. The number of fused-ring (bicyclic) bond motifs is 1. The van der Waals surface area contributed by atoms with Crippen molar-refractivity contribution in [3.8, 4) is 16.9 Å². The van der Waals surface area contributed by atoms with Crippen LogP contribution in [0.2, 0.25) is 15.1 Å². The Balaban J connectivity index is 1.67. The molecule has 0 atom stereocenters. The molecule has 0 spiro atoms. The lowest BCUT2D eigenvalue weighted by molar-refractivity contribution is 0.306. The van der Waals surface area contributed by atoms with E-state index in [2.05, 4.69) is 0 Å². The smallest absolute Gasteiger partial charge is 0.200 e. The monoisotopic (exact) mass is 444 g/mol. The largest absolute Gasteiger partial charge is 0.489 e. The van der Waals surface area contributed by atoms with Gasteiger partial charge in [-0.25, -0.2) is 0 Å². The van der Waals surface area contributed by atoms with Crippen LogP contribution in [-0.2, 0) is 6.61 Å². The molecule has 0 bridgehead atoms. The predicted molar refractivity (Wildman–Crippen MR) is 118 cm³/mol. The van der Waals surface area contributed by atoms with Gasteiger partial charge in [-0.1, -0.05) is 53.0 Å². The minimum atomic E-state index is -0.0987. The van der Waals surface area contributed by atoms with Crippen molar-refractivity contribution >= 4 is 45.8 Å². The lowest BCUT2D eigenvalue weighted by Gasteiger charge is -2.10. The first-order valence-electron chi connectivity index (χ1n) is 8.82. The van der Waals surface area contributed by atoms with Crippen molar-refractivity contribution in [2.75, 3.05) is 0 Å².